The molecule has 0 bridgehead atoms. The van der Waals surface area contributed by atoms with Crippen LogP contribution < -0.4 is 0 Å². The molecule has 2 nitrogen and oxygen atoms in total. The average Bonchev–Trinajstić information content (AvgIpc) is 2.14. The van der Waals surface area contributed by atoms with Crippen LogP contribution in [0.3, 0.4) is 0 Å². The lowest BCUT2D eigenvalue weighted by Crippen LogP contribution is -2.03. The van der Waals surface area contributed by atoms with Gasteiger partial charge in [-0.1, -0.05) is 6.92 Å². The van der Waals surface area contributed by atoms with Crippen LogP contribution in [-0.2, 0) is 0 Å². The van der Waals surface area contributed by atoms with Crippen molar-refractivity contribution in [2.75, 3.05) is 11.5 Å². The summed E-state index contributed by atoms with van der Waals surface area (Å²) in [6.07, 6.45) is 3.38. The van der Waals surface area contributed by atoms with Crippen molar-refractivity contribution in [2.24, 2.45) is 0 Å². The minimum Gasteiger partial charge on any atom is -0.293 e. The Balaban J connectivity index is 2.66. The van der Waals surface area contributed by atoms with Crippen LogP contribution in [0.5, 0.6) is 0 Å². The minimum absolute atomic E-state index is 0.169. The van der Waals surface area contributed by atoms with E-state index in [1.165, 1.54) is 0 Å². The average molecular weight is 195 g/mol. The molecule has 0 fully saturated rings. The van der Waals surface area contributed by atoms with Crippen LogP contribution in [0.25, 0.3) is 0 Å². The number of aromatic nitrogens is 1. The molecule has 0 N–H and O–H groups in total. The number of carbonyl (C=O) groups excluding carboxylic acids is 1. The van der Waals surface area contributed by atoms with Gasteiger partial charge in [-0.15, -0.1) is 0 Å². The fraction of sp³-hybridized carbons (Fsp3) is 0.400. The van der Waals surface area contributed by atoms with Crippen molar-refractivity contribution < 1.29 is 4.79 Å². The van der Waals surface area contributed by atoms with Crippen molar-refractivity contribution in [3.8, 4) is 0 Å². The van der Waals surface area contributed by atoms with Gasteiger partial charge in [-0.2, -0.15) is 11.8 Å². The summed E-state index contributed by atoms with van der Waals surface area (Å²) in [7, 11) is 0. The molecule has 70 valence electrons. The van der Waals surface area contributed by atoms with E-state index in [9.17, 15) is 4.79 Å². The summed E-state index contributed by atoms with van der Waals surface area (Å²) in [6, 6.07) is 1.88. The molecule has 0 atom stereocenters. The van der Waals surface area contributed by atoms with Crippen LogP contribution >= 0.6 is 11.8 Å². The SMILES string of the molecule is CCSCC(=O)c1cncc(C)c1. The molecule has 1 aromatic rings. The summed E-state index contributed by atoms with van der Waals surface area (Å²) < 4.78 is 0. The minimum atomic E-state index is 0.169. The molecule has 0 aromatic carbocycles. The third-order valence-corrected chi connectivity index (χ3v) is 2.51. The predicted molar refractivity (Wildman–Crippen MR) is 56.3 cm³/mol. The Hall–Kier alpha value is -0.830. The molecule has 0 aliphatic heterocycles. The molecule has 0 aliphatic carbocycles. The second-order valence-corrected chi connectivity index (χ2v) is 4.09. The van der Waals surface area contributed by atoms with Gasteiger partial charge < -0.3 is 0 Å². The molecular weight excluding hydrogens is 182 g/mol. The van der Waals surface area contributed by atoms with Gasteiger partial charge in [-0.25, -0.2) is 0 Å². The molecular formula is C10H13NOS. The van der Waals surface area contributed by atoms with E-state index in [1.54, 1.807) is 24.2 Å². The van der Waals surface area contributed by atoms with Crippen LogP contribution in [0.2, 0.25) is 0 Å². The highest BCUT2D eigenvalue weighted by atomic mass is 32.2. The van der Waals surface area contributed by atoms with E-state index in [0.29, 0.717) is 5.75 Å². The Morgan fingerprint density at radius 2 is 2.31 bits per heavy atom. The number of nitrogens with zero attached hydrogens (tertiary/aromatic N) is 1. The first-order chi connectivity index (χ1) is 6.24. The standard InChI is InChI=1S/C10H13NOS/c1-3-13-7-10(12)9-4-8(2)5-11-6-9/h4-6H,3,7H2,1-2H3. The normalized spacial score (nSPS) is 10.0. The maximum absolute atomic E-state index is 11.5. The van der Waals surface area contributed by atoms with Crippen LogP contribution in [-0.4, -0.2) is 22.3 Å². The van der Waals surface area contributed by atoms with E-state index < -0.39 is 0 Å². The van der Waals surface area contributed by atoms with E-state index in [2.05, 4.69) is 4.98 Å². The van der Waals surface area contributed by atoms with Crippen molar-refractivity contribution in [1.29, 1.82) is 0 Å². The maximum atomic E-state index is 11.5. The van der Waals surface area contributed by atoms with E-state index in [-0.39, 0.29) is 5.78 Å². The summed E-state index contributed by atoms with van der Waals surface area (Å²) >= 11 is 1.64. The Bertz CT molecular complexity index is 299. The monoisotopic (exact) mass is 195 g/mol. The zero-order chi connectivity index (χ0) is 9.68. The first-order valence-corrected chi connectivity index (χ1v) is 5.42. The van der Waals surface area contributed by atoms with Gasteiger partial charge in [-0.3, -0.25) is 9.78 Å². The van der Waals surface area contributed by atoms with Crippen molar-refractivity contribution in [3.05, 3.63) is 29.6 Å². The number of Topliss-reactive ketones (excluding diaryl/α,β-unsaturated/α-hetero) is 1. The Labute approximate surface area is 82.8 Å². The predicted octanol–water partition coefficient (Wildman–Crippen LogP) is 2.33. The van der Waals surface area contributed by atoms with Crippen molar-refractivity contribution in [2.45, 2.75) is 13.8 Å². The number of rotatable bonds is 4. The summed E-state index contributed by atoms with van der Waals surface area (Å²) in [5.74, 6) is 1.70. The molecule has 0 aliphatic rings. The number of aryl methyl sites for hydroxylation is 1. The number of pyridine rings is 1. The highest BCUT2D eigenvalue weighted by Gasteiger charge is 2.05. The fourth-order valence-corrected chi connectivity index (χ4v) is 1.54. The lowest BCUT2D eigenvalue weighted by atomic mass is 10.2. The largest absolute Gasteiger partial charge is 0.293 e. The molecule has 0 amide bonds. The third kappa shape index (κ3) is 3.19. The summed E-state index contributed by atoms with van der Waals surface area (Å²) in [6.45, 7) is 3.99. The van der Waals surface area contributed by atoms with Gasteiger partial charge in [0.15, 0.2) is 5.78 Å². The first-order valence-electron chi connectivity index (χ1n) is 4.26. The number of thioether (sulfide) groups is 1. The number of carbonyl (C=O) groups is 1. The van der Waals surface area contributed by atoms with Gasteiger partial charge in [-0.05, 0) is 24.3 Å². The first kappa shape index (κ1) is 10.3. The van der Waals surface area contributed by atoms with Gasteiger partial charge in [0.2, 0.25) is 0 Å². The molecule has 0 radical (unpaired) electrons. The third-order valence-electron chi connectivity index (χ3n) is 1.63. The quantitative estimate of drug-likeness (QED) is 0.691. The van der Waals surface area contributed by atoms with Gasteiger partial charge >= 0.3 is 0 Å². The van der Waals surface area contributed by atoms with Gasteiger partial charge in [0.05, 0.1) is 5.75 Å². The van der Waals surface area contributed by atoms with Gasteiger partial charge in [0.1, 0.15) is 0 Å². The van der Waals surface area contributed by atoms with Crippen LogP contribution in [0, 0.1) is 6.92 Å². The summed E-state index contributed by atoms with van der Waals surface area (Å²) in [5, 5.41) is 0. The lowest BCUT2D eigenvalue weighted by Gasteiger charge is -1.99. The molecule has 1 aromatic heterocycles. The van der Waals surface area contributed by atoms with Crippen molar-refractivity contribution in [3.63, 3.8) is 0 Å². The summed E-state index contributed by atoms with van der Waals surface area (Å²) in [4.78, 5) is 15.5. The zero-order valence-corrected chi connectivity index (χ0v) is 8.73. The lowest BCUT2D eigenvalue weighted by molar-refractivity contribution is 0.102. The molecule has 13 heavy (non-hydrogen) atoms. The molecule has 1 heterocycles. The highest BCUT2D eigenvalue weighted by molar-refractivity contribution is 7.99. The maximum Gasteiger partial charge on any atom is 0.174 e. The highest BCUT2D eigenvalue weighted by Crippen LogP contribution is 2.07. The summed E-state index contributed by atoms with van der Waals surface area (Å²) in [5.41, 5.74) is 1.76. The topological polar surface area (TPSA) is 30.0 Å². The van der Waals surface area contributed by atoms with E-state index in [1.807, 2.05) is 19.9 Å². The van der Waals surface area contributed by atoms with Crippen molar-refractivity contribution in [1.82, 2.24) is 4.98 Å². The van der Waals surface area contributed by atoms with Gasteiger partial charge in [0.25, 0.3) is 0 Å². The second kappa shape index (κ2) is 5.02. The van der Waals surface area contributed by atoms with Crippen LogP contribution in [0.1, 0.15) is 22.8 Å². The number of ketones is 1. The van der Waals surface area contributed by atoms with E-state index >= 15 is 0 Å². The molecule has 0 saturated heterocycles. The van der Waals surface area contributed by atoms with E-state index in [4.69, 9.17) is 0 Å². The number of hydrogen-bond acceptors (Lipinski definition) is 3. The molecule has 0 unspecified atom stereocenters. The van der Waals surface area contributed by atoms with E-state index in [0.717, 1.165) is 16.9 Å². The Morgan fingerprint density at radius 1 is 1.54 bits per heavy atom. The van der Waals surface area contributed by atoms with Crippen LogP contribution in [0.4, 0.5) is 0 Å². The van der Waals surface area contributed by atoms with Crippen LogP contribution in [0.15, 0.2) is 18.5 Å². The smallest absolute Gasteiger partial charge is 0.174 e. The van der Waals surface area contributed by atoms with Crippen molar-refractivity contribution >= 4 is 17.5 Å². The zero-order valence-electron chi connectivity index (χ0n) is 7.91. The molecule has 0 saturated carbocycles. The molecule has 0 spiro atoms. The Morgan fingerprint density at radius 3 is 2.92 bits per heavy atom. The second-order valence-electron chi connectivity index (χ2n) is 2.81. The van der Waals surface area contributed by atoms with Gasteiger partial charge in [0, 0.05) is 18.0 Å². The molecule has 1 rings (SSSR count). The fourth-order valence-electron chi connectivity index (χ4n) is 0.986. The Kier molecular flexibility index (Phi) is 3.96. The molecule has 3 heteroatoms. The number of hydrogen-bond donors (Lipinski definition) is 0.